The first-order chi connectivity index (χ1) is 11.0. The van der Waals surface area contributed by atoms with Crippen LogP contribution in [0, 0.1) is 5.41 Å². The number of aliphatic hydroxyl groups is 3. The molecular formula is C11H19N3O9S. The van der Waals surface area contributed by atoms with Gasteiger partial charge in [0.2, 0.25) is 0 Å². The van der Waals surface area contributed by atoms with Crippen LogP contribution in [0.15, 0.2) is 17.1 Å². The summed E-state index contributed by atoms with van der Waals surface area (Å²) in [5, 5.41) is 35.8. The summed E-state index contributed by atoms with van der Waals surface area (Å²) in [5.41, 5.74) is -0.527. The van der Waals surface area contributed by atoms with Gasteiger partial charge in [-0.1, -0.05) is 0 Å². The maximum atomic E-state index is 11.9. The summed E-state index contributed by atoms with van der Waals surface area (Å²) in [6, 6.07) is 1.37. The molecule has 1 aliphatic rings. The smallest absolute Gasteiger partial charge is 0.394 e. The van der Waals surface area contributed by atoms with Gasteiger partial charge in [-0.2, -0.15) is 8.42 Å². The minimum atomic E-state index is -4.16. The standard InChI is InChI=1S/C10H15N3O5.CH4O4S/c1-12-6(11)2-3-13(10(12)17)9-8(16)7(15)5(4-14)18-9;1-5-6(2,3)4/h2-3,5,7-9,11,14-16H,4H2,1H3;1H3,(H,2,3,4). The molecule has 1 saturated heterocycles. The third kappa shape index (κ3) is 4.70. The lowest BCUT2D eigenvalue weighted by molar-refractivity contribution is -0.0555. The molecule has 0 spiro atoms. The molecule has 4 atom stereocenters. The Morgan fingerprint density at radius 3 is 2.33 bits per heavy atom. The van der Waals surface area contributed by atoms with Crippen LogP contribution < -0.4 is 11.2 Å². The molecule has 4 unspecified atom stereocenters. The van der Waals surface area contributed by atoms with Crippen LogP contribution in [0.25, 0.3) is 0 Å². The Morgan fingerprint density at radius 2 is 1.92 bits per heavy atom. The second-order valence-corrected chi connectivity index (χ2v) is 5.96. The van der Waals surface area contributed by atoms with E-state index in [0.29, 0.717) is 0 Å². The highest BCUT2D eigenvalue weighted by Gasteiger charge is 2.43. The van der Waals surface area contributed by atoms with Gasteiger partial charge in [-0.25, -0.2) is 4.79 Å². The third-order valence-corrected chi connectivity index (χ3v) is 3.69. The summed E-state index contributed by atoms with van der Waals surface area (Å²) in [6.07, 6.45) is -3.26. The summed E-state index contributed by atoms with van der Waals surface area (Å²) in [6.45, 7) is -0.452. The Morgan fingerprint density at radius 1 is 1.38 bits per heavy atom. The van der Waals surface area contributed by atoms with E-state index in [0.717, 1.165) is 16.2 Å². The van der Waals surface area contributed by atoms with Crippen LogP contribution in [-0.2, 0) is 26.4 Å². The summed E-state index contributed by atoms with van der Waals surface area (Å²) in [4.78, 5) is 11.9. The molecule has 0 aliphatic carbocycles. The number of nitrogens with one attached hydrogen (secondary N) is 1. The van der Waals surface area contributed by atoms with Crippen LogP contribution in [0.4, 0.5) is 0 Å². The van der Waals surface area contributed by atoms with Crippen LogP contribution >= 0.6 is 0 Å². The number of hydrogen-bond acceptors (Lipinski definition) is 9. The van der Waals surface area contributed by atoms with E-state index in [2.05, 4.69) is 4.18 Å². The van der Waals surface area contributed by atoms with Crippen molar-refractivity contribution in [3.05, 3.63) is 28.2 Å². The van der Waals surface area contributed by atoms with Crippen molar-refractivity contribution in [1.82, 2.24) is 9.13 Å². The Kier molecular flexibility index (Phi) is 6.79. The van der Waals surface area contributed by atoms with Crippen LogP contribution in [-0.4, -0.2) is 69.5 Å². The van der Waals surface area contributed by atoms with E-state index in [1.807, 2.05) is 0 Å². The van der Waals surface area contributed by atoms with E-state index in [9.17, 15) is 23.4 Å². The highest BCUT2D eigenvalue weighted by atomic mass is 32.3. The molecular weight excluding hydrogens is 350 g/mol. The zero-order valence-electron chi connectivity index (χ0n) is 12.8. The Hall–Kier alpha value is -1.61. The van der Waals surface area contributed by atoms with Crippen LogP contribution in [0.2, 0.25) is 0 Å². The van der Waals surface area contributed by atoms with Gasteiger partial charge in [-0.05, 0) is 6.07 Å². The average molecular weight is 369 g/mol. The minimum absolute atomic E-state index is 0.0167. The molecule has 2 heterocycles. The topological polar surface area (TPSA) is 184 Å². The molecule has 138 valence electrons. The van der Waals surface area contributed by atoms with Crippen LogP contribution in [0.1, 0.15) is 6.23 Å². The number of hydrogen-bond donors (Lipinski definition) is 5. The summed E-state index contributed by atoms with van der Waals surface area (Å²) >= 11 is 0. The zero-order chi connectivity index (χ0) is 18.7. The van der Waals surface area contributed by atoms with E-state index in [-0.39, 0.29) is 5.49 Å². The average Bonchev–Trinajstić information content (AvgIpc) is 2.81. The maximum absolute atomic E-state index is 11.9. The number of aromatic nitrogens is 2. The van der Waals surface area contributed by atoms with Crippen molar-refractivity contribution in [1.29, 1.82) is 5.41 Å². The van der Waals surface area contributed by atoms with Crippen molar-refractivity contribution in [2.24, 2.45) is 7.05 Å². The molecule has 0 amide bonds. The SMILES string of the molecule is COS(=O)(=O)O.Cn1c(=N)ccn(C2OC(CO)C(O)C2O)c1=O. The molecule has 1 aliphatic heterocycles. The first kappa shape index (κ1) is 20.4. The monoisotopic (exact) mass is 369 g/mol. The molecule has 12 nitrogen and oxygen atoms in total. The number of rotatable bonds is 3. The Bertz CT molecular complexity index is 772. The fraction of sp³-hybridized carbons (Fsp3) is 0.636. The predicted octanol–water partition coefficient (Wildman–Crippen LogP) is -3.29. The van der Waals surface area contributed by atoms with Gasteiger partial charge >= 0.3 is 16.1 Å². The van der Waals surface area contributed by atoms with Gasteiger partial charge in [0.05, 0.1) is 13.7 Å². The zero-order valence-corrected chi connectivity index (χ0v) is 13.6. The molecule has 0 aromatic carbocycles. The first-order valence-electron chi connectivity index (χ1n) is 6.51. The minimum Gasteiger partial charge on any atom is -0.394 e. The van der Waals surface area contributed by atoms with E-state index in [1.54, 1.807) is 0 Å². The van der Waals surface area contributed by atoms with Crippen molar-refractivity contribution in [3.8, 4) is 0 Å². The van der Waals surface area contributed by atoms with Crippen molar-refractivity contribution in [2.75, 3.05) is 13.7 Å². The van der Waals surface area contributed by atoms with Gasteiger partial charge in [0.15, 0.2) is 6.23 Å². The molecule has 24 heavy (non-hydrogen) atoms. The summed E-state index contributed by atoms with van der Waals surface area (Å²) in [7, 11) is -1.87. The Balaban J connectivity index is 0.000000413. The van der Waals surface area contributed by atoms with Crippen LogP contribution in [0.5, 0.6) is 0 Å². The van der Waals surface area contributed by atoms with Gasteiger partial charge in [0.25, 0.3) is 0 Å². The molecule has 1 aromatic heterocycles. The van der Waals surface area contributed by atoms with Gasteiger partial charge < -0.3 is 20.1 Å². The molecule has 0 saturated carbocycles. The highest BCUT2D eigenvalue weighted by molar-refractivity contribution is 7.80. The first-order valence-corrected chi connectivity index (χ1v) is 7.88. The lowest BCUT2D eigenvalue weighted by atomic mass is 10.1. The molecule has 13 heteroatoms. The molecule has 1 aromatic rings. The second kappa shape index (κ2) is 7.98. The number of nitrogens with zero attached hydrogens (tertiary/aromatic N) is 2. The molecule has 1 fully saturated rings. The number of aliphatic hydroxyl groups excluding tert-OH is 3. The summed E-state index contributed by atoms with van der Waals surface area (Å²) < 4.78 is 37.1. The second-order valence-electron chi connectivity index (χ2n) is 4.77. The molecule has 0 bridgehead atoms. The van der Waals surface area contributed by atoms with E-state index in [1.165, 1.54) is 19.3 Å². The fourth-order valence-corrected chi connectivity index (χ4v) is 1.91. The lowest BCUT2D eigenvalue weighted by Gasteiger charge is -2.18. The van der Waals surface area contributed by atoms with Crippen molar-refractivity contribution < 1.29 is 37.2 Å². The lowest BCUT2D eigenvalue weighted by Crippen LogP contribution is -2.41. The van der Waals surface area contributed by atoms with Gasteiger partial charge in [0, 0.05) is 13.2 Å². The molecule has 5 N–H and O–H groups in total. The van der Waals surface area contributed by atoms with Crippen molar-refractivity contribution >= 4 is 10.4 Å². The normalized spacial score (nSPS) is 26.8. The molecule has 2 rings (SSSR count). The summed E-state index contributed by atoms with van der Waals surface area (Å²) in [5.74, 6) is 0. The van der Waals surface area contributed by atoms with Crippen LogP contribution in [0.3, 0.4) is 0 Å². The largest absolute Gasteiger partial charge is 0.397 e. The maximum Gasteiger partial charge on any atom is 0.397 e. The van der Waals surface area contributed by atoms with Gasteiger partial charge in [0.1, 0.15) is 23.8 Å². The van der Waals surface area contributed by atoms with Crippen molar-refractivity contribution in [3.63, 3.8) is 0 Å². The Labute approximate surface area is 136 Å². The molecule has 0 radical (unpaired) electrons. The van der Waals surface area contributed by atoms with E-state index >= 15 is 0 Å². The van der Waals surface area contributed by atoms with Crippen molar-refractivity contribution in [2.45, 2.75) is 24.5 Å². The van der Waals surface area contributed by atoms with E-state index < -0.39 is 47.2 Å². The van der Waals surface area contributed by atoms with E-state index in [4.69, 9.17) is 19.8 Å². The van der Waals surface area contributed by atoms with Gasteiger partial charge in [-0.15, -0.1) is 0 Å². The van der Waals surface area contributed by atoms with Gasteiger partial charge in [-0.3, -0.25) is 23.3 Å². The fourth-order valence-electron chi connectivity index (χ4n) is 1.91. The predicted molar refractivity (Wildman–Crippen MR) is 77.1 cm³/mol. The highest BCUT2D eigenvalue weighted by Crippen LogP contribution is 2.27. The quantitative estimate of drug-likeness (QED) is 0.341. The number of ether oxygens (including phenoxy) is 1. The third-order valence-electron chi connectivity index (χ3n) is 3.26.